The first-order valence-electron chi connectivity index (χ1n) is 14.5. The Labute approximate surface area is 250 Å². The molecule has 5 nitrogen and oxygen atoms in total. The van der Waals surface area contributed by atoms with Crippen molar-refractivity contribution >= 4 is 40.6 Å². The molecule has 8 heteroatoms. The number of benzene rings is 2. The minimum atomic E-state index is -1.16. The molecule has 2 saturated carbocycles. The number of hydrogen-bond donors (Lipinski definition) is 2. The maximum Gasteiger partial charge on any atom is 0.236 e. The summed E-state index contributed by atoms with van der Waals surface area (Å²) in [6, 6.07) is 10.3. The summed E-state index contributed by atoms with van der Waals surface area (Å²) in [5.41, 5.74) is 0.134. The first kappa shape index (κ1) is 28.9. The highest BCUT2D eigenvalue weighted by molar-refractivity contribution is 6.31. The molecule has 2 fully saturated rings. The molecule has 5 atom stereocenters. The van der Waals surface area contributed by atoms with E-state index in [2.05, 4.69) is 19.2 Å². The fourth-order valence-electron chi connectivity index (χ4n) is 8.28. The van der Waals surface area contributed by atoms with Crippen LogP contribution in [-0.4, -0.2) is 36.1 Å². The fourth-order valence-corrected chi connectivity index (χ4v) is 8.63. The lowest BCUT2D eigenvalue weighted by atomic mass is 9.51. The summed E-state index contributed by atoms with van der Waals surface area (Å²) in [7, 11) is 0. The van der Waals surface area contributed by atoms with E-state index < -0.39 is 28.5 Å². The first-order valence-corrected chi connectivity index (χ1v) is 15.3. The van der Waals surface area contributed by atoms with Gasteiger partial charge in [0.15, 0.2) is 0 Å². The van der Waals surface area contributed by atoms with Crippen molar-refractivity contribution in [2.75, 3.05) is 18.5 Å². The van der Waals surface area contributed by atoms with Crippen LogP contribution in [-0.2, 0) is 19.7 Å². The number of aliphatic hydroxyl groups excluding tert-OH is 1. The van der Waals surface area contributed by atoms with Crippen LogP contribution in [0.2, 0.25) is 10.0 Å². The summed E-state index contributed by atoms with van der Waals surface area (Å²) in [4.78, 5) is 28.9. The van der Waals surface area contributed by atoms with E-state index >= 15 is 4.39 Å². The second-order valence-corrected chi connectivity index (χ2v) is 14.0. The van der Waals surface area contributed by atoms with Gasteiger partial charge in [0.05, 0.1) is 29.8 Å². The Morgan fingerprint density at radius 1 is 1.12 bits per heavy atom. The van der Waals surface area contributed by atoms with Crippen molar-refractivity contribution in [1.82, 2.24) is 0 Å². The van der Waals surface area contributed by atoms with Gasteiger partial charge in [-0.05, 0) is 72.3 Å². The van der Waals surface area contributed by atoms with E-state index in [-0.39, 0.29) is 47.2 Å². The summed E-state index contributed by atoms with van der Waals surface area (Å²) in [6.07, 6.45) is 7.36. The van der Waals surface area contributed by atoms with Gasteiger partial charge < -0.3 is 15.2 Å². The molecule has 2 aliphatic heterocycles. The zero-order valence-corrected chi connectivity index (χ0v) is 24.9. The molecule has 218 valence electrons. The molecule has 0 aromatic heterocycles. The molecule has 0 bridgehead atoms. The van der Waals surface area contributed by atoms with Gasteiger partial charge in [-0.1, -0.05) is 67.4 Å². The van der Waals surface area contributed by atoms with Crippen LogP contribution in [0.25, 0.3) is 0 Å². The summed E-state index contributed by atoms with van der Waals surface area (Å²) >= 11 is 12.7. The van der Waals surface area contributed by atoms with Crippen LogP contribution >= 0.6 is 23.2 Å². The lowest BCUT2D eigenvalue weighted by Gasteiger charge is -2.51. The Morgan fingerprint density at radius 2 is 1.88 bits per heavy atom. The standard InChI is InChI=1S/C33H36Cl2FNO4/c1-31(2)10-12-32(13-11-31)16-23(27(39)14-19-6-8-21(17-38)41-18-19)28(22-4-3-5-25(35)29(22)36)33(32)24-9-7-20(34)15-26(24)37-30(33)40/h3-9,15,19,21,23,28,38H,10-14,16-18H2,1-2H3,(H,37,40)/t19-,21-,23-,28-,33+/m0/s1. The number of Topliss-reactive ketones (excluding diaryl/α,β-unsaturated/α-hetero) is 1. The minimum absolute atomic E-state index is 0.00799. The maximum atomic E-state index is 16.1. The van der Waals surface area contributed by atoms with Crippen molar-refractivity contribution in [3.8, 4) is 0 Å². The molecule has 0 saturated heterocycles. The molecular formula is C33H36Cl2FNO4. The largest absolute Gasteiger partial charge is 0.393 e. The number of rotatable bonds is 5. The molecule has 2 aromatic carbocycles. The minimum Gasteiger partial charge on any atom is -0.393 e. The molecule has 1 amide bonds. The first-order chi connectivity index (χ1) is 19.5. The average Bonchev–Trinajstić information content (AvgIpc) is 3.40. The Morgan fingerprint density at radius 3 is 2.56 bits per heavy atom. The normalized spacial score (nSPS) is 31.4. The summed E-state index contributed by atoms with van der Waals surface area (Å²) in [6.45, 7) is 4.70. The fraction of sp³-hybridized carbons (Fsp3) is 0.515. The van der Waals surface area contributed by atoms with Crippen LogP contribution in [0.5, 0.6) is 0 Å². The number of ketones is 1. The molecular weight excluding hydrogens is 564 g/mol. The van der Waals surface area contributed by atoms with E-state index in [0.29, 0.717) is 29.3 Å². The van der Waals surface area contributed by atoms with E-state index in [9.17, 15) is 14.7 Å². The number of ether oxygens (including phenoxy) is 1. The Bertz CT molecular complexity index is 1410. The third-order valence-corrected chi connectivity index (χ3v) is 10.9. The van der Waals surface area contributed by atoms with E-state index in [1.807, 2.05) is 12.1 Å². The number of nitrogens with one attached hydrogen (secondary N) is 1. The lowest BCUT2D eigenvalue weighted by molar-refractivity contribution is -0.127. The number of hydrogen-bond acceptors (Lipinski definition) is 4. The lowest BCUT2D eigenvalue weighted by Crippen LogP contribution is -2.52. The predicted molar refractivity (Wildman–Crippen MR) is 158 cm³/mol. The third-order valence-electron chi connectivity index (χ3n) is 10.4. The van der Waals surface area contributed by atoms with Gasteiger partial charge >= 0.3 is 0 Å². The molecule has 2 N–H and O–H groups in total. The molecule has 2 spiro atoms. The summed E-state index contributed by atoms with van der Waals surface area (Å²) in [5.74, 6) is -2.27. The van der Waals surface area contributed by atoms with Gasteiger partial charge in [-0.15, -0.1) is 0 Å². The number of aliphatic hydroxyl groups is 1. The van der Waals surface area contributed by atoms with Crippen LogP contribution in [0.1, 0.15) is 69.4 Å². The Hall–Kier alpha value is -2.25. The second-order valence-electron chi connectivity index (χ2n) is 13.2. The van der Waals surface area contributed by atoms with Crippen molar-refractivity contribution < 1.29 is 23.8 Å². The van der Waals surface area contributed by atoms with Crippen molar-refractivity contribution in [1.29, 1.82) is 0 Å². The van der Waals surface area contributed by atoms with Crippen LogP contribution < -0.4 is 5.32 Å². The van der Waals surface area contributed by atoms with Gasteiger partial charge in [0.1, 0.15) is 11.6 Å². The second kappa shape index (κ2) is 10.5. The number of fused-ring (bicyclic) bond motifs is 3. The van der Waals surface area contributed by atoms with Gasteiger partial charge in [-0.2, -0.15) is 0 Å². The van der Waals surface area contributed by atoms with E-state index in [1.54, 1.807) is 30.3 Å². The van der Waals surface area contributed by atoms with Crippen LogP contribution in [0.4, 0.5) is 10.1 Å². The highest BCUT2D eigenvalue weighted by Crippen LogP contribution is 2.72. The molecule has 41 heavy (non-hydrogen) atoms. The zero-order valence-electron chi connectivity index (χ0n) is 23.4. The van der Waals surface area contributed by atoms with Gasteiger partial charge in [0.2, 0.25) is 5.91 Å². The molecule has 0 radical (unpaired) electrons. The van der Waals surface area contributed by atoms with Gasteiger partial charge in [-0.3, -0.25) is 9.59 Å². The molecule has 4 aliphatic rings. The Balaban J connectivity index is 1.53. The van der Waals surface area contributed by atoms with E-state index in [4.69, 9.17) is 27.9 Å². The van der Waals surface area contributed by atoms with Crippen LogP contribution in [0.15, 0.2) is 48.6 Å². The zero-order chi connectivity index (χ0) is 29.2. The SMILES string of the molecule is CC1(C)CCC2(CC1)C[C@@H](C(=O)C[C@@H]1C=C[C@@H](CO)OC1)[C@H](c1cccc(Cl)c1F)[C@]21C(=O)Nc2cc(Cl)ccc21. The van der Waals surface area contributed by atoms with E-state index in [1.165, 1.54) is 6.07 Å². The van der Waals surface area contributed by atoms with Crippen molar-refractivity contribution in [2.45, 2.75) is 69.8 Å². The summed E-state index contributed by atoms with van der Waals surface area (Å²) in [5, 5.41) is 13.0. The molecule has 6 rings (SSSR count). The average molecular weight is 601 g/mol. The monoisotopic (exact) mass is 599 g/mol. The van der Waals surface area contributed by atoms with Crippen LogP contribution in [0.3, 0.4) is 0 Å². The highest BCUT2D eigenvalue weighted by atomic mass is 35.5. The predicted octanol–water partition coefficient (Wildman–Crippen LogP) is 7.24. The van der Waals surface area contributed by atoms with Gasteiger partial charge in [-0.25, -0.2) is 4.39 Å². The summed E-state index contributed by atoms with van der Waals surface area (Å²) < 4.78 is 21.8. The van der Waals surface area contributed by atoms with Crippen molar-refractivity contribution in [2.24, 2.45) is 22.7 Å². The number of halogens is 3. The molecule has 0 unspecified atom stereocenters. The Kier molecular flexibility index (Phi) is 7.37. The van der Waals surface area contributed by atoms with Gasteiger partial charge in [0, 0.05) is 34.9 Å². The highest BCUT2D eigenvalue weighted by Gasteiger charge is 2.72. The molecule has 2 heterocycles. The number of carbonyl (C=O) groups excluding carboxylic acids is 2. The number of carbonyl (C=O) groups is 2. The topological polar surface area (TPSA) is 75.6 Å². The van der Waals surface area contributed by atoms with Crippen molar-refractivity contribution in [3.05, 3.63) is 75.5 Å². The third kappa shape index (κ3) is 4.57. The van der Waals surface area contributed by atoms with Gasteiger partial charge in [0.25, 0.3) is 0 Å². The molecule has 2 aliphatic carbocycles. The smallest absolute Gasteiger partial charge is 0.236 e. The quantitative estimate of drug-likeness (QED) is 0.355. The molecule has 2 aromatic rings. The van der Waals surface area contributed by atoms with Crippen LogP contribution in [0, 0.1) is 28.5 Å². The van der Waals surface area contributed by atoms with E-state index in [0.717, 1.165) is 31.2 Å². The number of amides is 1. The number of anilines is 1. The van der Waals surface area contributed by atoms with Crippen molar-refractivity contribution in [3.63, 3.8) is 0 Å². The maximum absolute atomic E-state index is 16.1.